The van der Waals surface area contributed by atoms with Crippen molar-refractivity contribution in [3.05, 3.63) is 76.2 Å². The van der Waals surface area contributed by atoms with Gasteiger partial charge in [-0.2, -0.15) is 0 Å². The van der Waals surface area contributed by atoms with E-state index in [9.17, 15) is 9.59 Å². The molecule has 1 amide bonds. The summed E-state index contributed by atoms with van der Waals surface area (Å²) < 4.78 is 0. The van der Waals surface area contributed by atoms with Crippen LogP contribution in [-0.4, -0.2) is 24.0 Å². The summed E-state index contributed by atoms with van der Waals surface area (Å²) in [6.45, 7) is 2.09. The van der Waals surface area contributed by atoms with Crippen LogP contribution in [0, 0.1) is 5.92 Å². The molecule has 0 bridgehead atoms. The van der Waals surface area contributed by atoms with Crippen molar-refractivity contribution >= 4 is 22.4 Å². The predicted octanol–water partition coefficient (Wildman–Crippen LogP) is 3.32. The standard InChI is InChI=1S/C22H23N3O2/c26-21-19-6-3-7-20(18(19)10-13-24-21)25-22(27)17-5-2-1-4-16(17)14-15-8-11-23-12-9-15/h1-7,10,13,15,23H,8-9,11-12,14H2,(H,24,26)(H,25,27). The fourth-order valence-electron chi connectivity index (χ4n) is 3.84. The molecule has 1 fully saturated rings. The summed E-state index contributed by atoms with van der Waals surface area (Å²) >= 11 is 0. The number of pyridine rings is 1. The number of aromatic nitrogens is 1. The second kappa shape index (κ2) is 7.76. The van der Waals surface area contributed by atoms with Gasteiger partial charge in [0.2, 0.25) is 0 Å². The van der Waals surface area contributed by atoms with E-state index >= 15 is 0 Å². The van der Waals surface area contributed by atoms with Crippen LogP contribution in [0.3, 0.4) is 0 Å². The van der Waals surface area contributed by atoms with E-state index < -0.39 is 0 Å². The highest BCUT2D eigenvalue weighted by Crippen LogP contribution is 2.24. The van der Waals surface area contributed by atoms with Crippen LogP contribution in [0.2, 0.25) is 0 Å². The molecule has 0 atom stereocenters. The van der Waals surface area contributed by atoms with Crippen LogP contribution >= 0.6 is 0 Å². The van der Waals surface area contributed by atoms with E-state index in [2.05, 4.69) is 15.6 Å². The highest BCUT2D eigenvalue weighted by molar-refractivity contribution is 6.09. The van der Waals surface area contributed by atoms with E-state index in [1.165, 1.54) is 0 Å². The van der Waals surface area contributed by atoms with Crippen LogP contribution in [0.25, 0.3) is 10.8 Å². The Hall–Kier alpha value is -2.92. The maximum Gasteiger partial charge on any atom is 0.255 e. The molecule has 0 aliphatic carbocycles. The third kappa shape index (κ3) is 3.78. The van der Waals surface area contributed by atoms with Gasteiger partial charge in [-0.05, 0) is 68.1 Å². The first-order valence-corrected chi connectivity index (χ1v) is 9.43. The first-order valence-electron chi connectivity index (χ1n) is 9.43. The number of fused-ring (bicyclic) bond motifs is 1. The number of anilines is 1. The summed E-state index contributed by atoms with van der Waals surface area (Å²) in [5.74, 6) is 0.476. The second-order valence-corrected chi connectivity index (χ2v) is 7.08. The summed E-state index contributed by atoms with van der Waals surface area (Å²) in [6, 6.07) is 15.0. The Bertz CT molecular complexity index is 1020. The Labute approximate surface area is 157 Å². The summed E-state index contributed by atoms with van der Waals surface area (Å²) in [5.41, 5.74) is 2.29. The Kier molecular flexibility index (Phi) is 5.03. The lowest BCUT2D eigenvalue weighted by atomic mass is 9.89. The minimum atomic E-state index is -0.157. The van der Waals surface area contributed by atoms with Gasteiger partial charge in [0.25, 0.3) is 11.5 Å². The number of carbonyl (C=O) groups excluding carboxylic acids is 1. The SMILES string of the molecule is O=C(Nc1cccc2c(=O)[nH]ccc12)c1ccccc1CC1CCNCC1. The Balaban J connectivity index is 1.61. The first kappa shape index (κ1) is 17.5. The Morgan fingerprint density at radius 1 is 1.00 bits per heavy atom. The van der Waals surface area contributed by atoms with Crippen LogP contribution in [0.5, 0.6) is 0 Å². The maximum atomic E-state index is 13.0. The van der Waals surface area contributed by atoms with Gasteiger partial charge in [0.15, 0.2) is 0 Å². The molecule has 27 heavy (non-hydrogen) atoms. The predicted molar refractivity (Wildman–Crippen MR) is 108 cm³/mol. The molecule has 5 nitrogen and oxygen atoms in total. The van der Waals surface area contributed by atoms with Crippen LogP contribution in [0.4, 0.5) is 5.69 Å². The summed E-state index contributed by atoms with van der Waals surface area (Å²) in [4.78, 5) is 27.7. The number of H-pyrrole nitrogens is 1. The molecule has 0 spiro atoms. The number of amides is 1. The molecule has 1 aromatic heterocycles. The third-order valence-electron chi connectivity index (χ3n) is 5.29. The molecule has 3 N–H and O–H groups in total. The van der Waals surface area contributed by atoms with E-state index in [4.69, 9.17) is 0 Å². The molecule has 5 heteroatoms. The number of carbonyl (C=O) groups is 1. The zero-order chi connectivity index (χ0) is 18.6. The highest BCUT2D eigenvalue weighted by atomic mass is 16.1. The van der Waals surface area contributed by atoms with Crippen LogP contribution in [0.15, 0.2) is 59.5 Å². The molecule has 2 aromatic carbocycles. The van der Waals surface area contributed by atoms with E-state index in [0.717, 1.165) is 43.3 Å². The van der Waals surface area contributed by atoms with Gasteiger partial charge in [-0.1, -0.05) is 24.3 Å². The number of benzene rings is 2. The Morgan fingerprint density at radius 3 is 2.67 bits per heavy atom. The summed E-state index contributed by atoms with van der Waals surface area (Å²) in [6.07, 6.45) is 4.80. The van der Waals surface area contributed by atoms with Crippen molar-refractivity contribution in [2.24, 2.45) is 5.92 Å². The van der Waals surface area contributed by atoms with E-state index in [1.807, 2.05) is 36.4 Å². The molecule has 0 saturated carbocycles. The van der Waals surface area contributed by atoms with Crippen molar-refractivity contribution in [2.45, 2.75) is 19.3 Å². The van der Waals surface area contributed by atoms with Crippen molar-refractivity contribution < 1.29 is 4.79 Å². The number of hydrogen-bond donors (Lipinski definition) is 3. The van der Waals surface area contributed by atoms with E-state index in [0.29, 0.717) is 22.6 Å². The molecule has 2 heterocycles. The van der Waals surface area contributed by atoms with Crippen molar-refractivity contribution in [3.63, 3.8) is 0 Å². The number of nitrogens with one attached hydrogen (secondary N) is 3. The summed E-state index contributed by atoms with van der Waals surface area (Å²) in [7, 11) is 0. The van der Waals surface area contributed by atoms with Crippen molar-refractivity contribution in [1.82, 2.24) is 10.3 Å². The maximum absolute atomic E-state index is 13.0. The quantitative estimate of drug-likeness (QED) is 0.667. The van der Waals surface area contributed by atoms with Crippen LogP contribution in [0.1, 0.15) is 28.8 Å². The van der Waals surface area contributed by atoms with Crippen LogP contribution in [-0.2, 0) is 6.42 Å². The van der Waals surface area contributed by atoms with Gasteiger partial charge in [0.05, 0.1) is 0 Å². The van der Waals surface area contributed by atoms with Crippen LogP contribution < -0.4 is 16.2 Å². The highest BCUT2D eigenvalue weighted by Gasteiger charge is 2.18. The van der Waals surface area contributed by atoms with Crippen molar-refractivity contribution in [3.8, 4) is 0 Å². The lowest BCUT2D eigenvalue weighted by Gasteiger charge is -2.23. The van der Waals surface area contributed by atoms with Gasteiger partial charge in [0.1, 0.15) is 0 Å². The minimum Gasteiger partial charge on any atom is -0.329 e. The molecule has 0 unspecified atom stereocenters. The first-order chi connectivity index (χ1) is 13.2. The summed E-state index contributed by atoms with van der Waals surface area (Å²) in [5, 5.41) is 7.70. The van der Waals surface area contributed by atoms with Gasteiger partial charge in [-0.15, -0.1) is 0 Å². The van der Waals surface area contributed by atoms with Gasteiger partial charge in [-0.25, -0.2) is 0 Å². The fraction of sp³-hybridized carbons (Fsp3) is 0.273. The number of hydrogen-bond acceptors (Lipinski definition) is 3. The molecular weight excluding hydrogens is 338 g/mol. The number of aromatic amines is 1. The molecule has 1 saturated heterocycles. The molecule has 3 aromatic rings. The van der Waals surface area contributed by atoms with Crippen molar-refractivity contribution in [2.75, 3.05) is 18.4 Å². The second-order valence-electron chi connectivity index (χ2n) is 7.08. The van der Waals surface area contributed by atoms with Gasteiger partial charge >= 0.3 is 0 Å². The van der Waals surface area contributed by atoms with Gasteiger partial charge < -0.3 is 15.6 Å². The largest absolute Gasteiger partial charge is 0.329 e. The van der Waals surface area contributed by atoms with Gasteiger partial charge in [-0.3, -0.25) is 9.59 Å². The monoisotopic (exact) mass is 361 g/mol. The zero-order valence-electron chi connectivity index (χ0n) is 15.1. The molecule has 1 aliphatic rings. The molecule has 138 valence electrons. The topological polar surface area (TPSA) is 74.0 Å². The number of piperidine rings is 1. The molecule has 1 aliphatic heterocycles. The lowest BCUT2D eigenvalue weighted by Crippen LogP contribution is -2.29. The lowest BCUT2D eigenvalue weighted by molar-refractivity contribution is 0.102. The third-order valence-corrected chi connectivity index (χ3v) is 5.29. The fourth-order valence-corrected chi connectivity index (χ4v) is 3.84. The van der Waals surface area contributed by atoms with Crippen molar-refractivity contribution in [1.29, 1.82) is 0 Å². The van der Waals surface area contributed by atoms with Gasteiger partial charge in [0, 0.05) is 28.2 Å². The van der Waals surface area contributed by atoms with E-state index in [1.54, 1.807) is 18.3 Å². The molecule has 0 radical (unpaired) electrons. The minimum absolute atomic E-state index is 0.132. The average molecular weight is 361 g/mol. The number of rotatable bonds is 4. The smallest absolute Gasteiger partial charge is 0.255 e. The average Bonchev–Trinajstić information content (AvgIpc) is 2.70. The molecule has 4 rings (SSSR count). The Morgan fingerprint density at radius 2 is 1.81 bits per heavy atom. The zero-order valence-corrected chi connectivity index (χ0v) is 15.1. The molecular formula is C22H23N3O2. The van der Waals surface area contributed by atoms with E-state index in [-0.39, 0.29) is 11.5 Å². The normalized spacial score (nSPS) is 15.0.